The monoisotopic (exact) mass is 538 g/mol. The third-order valence-corrected chi connectivity index (χ3v) is 5.32. The van der Waals surface area contributed by atoms with Gasteiger partial charge in [-0.3, -0.25) is 9.97 Å². The van der Waals surface area contributed by atoms with Crippen LogP contribution in [0.4, 0.5) is 0 Å². The first-order valence-corrected chi connectivity index (χ1v) is 12.4. The van der Waals surface area contributed by atoms with Crippen LogP contribution in [0.2, 0.25) is 0 Å². The van der Waals surface area contributed by atoms with E-state index in [-0.39, 0.29) is 0 Å². The van der Waals surface area contributed by atoms with Crippen molar-refractivity contribution < 1.29 is 0 Å². The van der Waals surface area contributed by atoms with Gasteiger partial charge >= 0.3 is 0 Å². The highest BCUT2D eigenvalue weighted by molar-refractivity contribution is 6.44. The summed E-state index contributed by atoms with van der Waals surface area (Å²) in [5.74, 6) is 0. The van der Waals surface area contributed by atoms with E-state index in [2.05, 4.69) is 61.0 Å². The fourth-order valence-electron chi connectivity index (χ4n) is 2.28. The summed E-state index contributed by atoms with van der Waals surface area (Å²) >= 11 is 0. The van der Waals surface area contributed by atoms with Gasteiger partial charge in [-0.05, 0) is 79.7 Å². The van der Waals surface area contributed by atoms with Gasteiger partial charge in [-0.1, -0.05) is 12.1 Å². The molecule has 2 aromatic rings. The second-order valence-corrected chi connectivity index (χ2v) is 8.48. The fraction of sp³-hybridized carbons (Fsp3) is 0.286. The Morgan fingerprint density at radius 2 is 0.700 bits per heavy atom. The minimum atomic E-state index is 0.611. The second-order valence-electron chi connectivity index (χ2n) is 8.48. The molecule has 0 saturated carbocycles. The molecule has 0 aromatic carbocycles. The molecule has 2 rings (SSSR count). The van der Waals surface area contributed by atoms with Gasteiger partial charge in [0.15, 0.2) is 0 Å². The molecule has 0 radical (unpaired) electrons. The molecule has 0 aliphatic heterocycles. The quantitative estimate of drug-likeness (QED) is 0.283. The third-order valence-electron chi connectivity index (χ3n) is 5.32. The maximum atomic E-state index is 4.25. The first kappa shape index (κ1) is 31.2. The molecule has 12 heteroatoms. The second kappa shape index (κ2) is 16.8. The molecule has 12 nitrogen and oxygen atoms in total. The van der Waals surface area contributed by atoms with Crippen LogP contribution in [0, 0.1) is 0 Å². The summed E-state index contributed by atoms with van der Waals surface area (Å²) in [4.78, 5) is 8.33. The van der Waals surface area contributed by atoms with Crippen molar-refractivity contribution in [3.63, 3.8) is 0 Å². The zero-order chi connectivity index (χ0) is 29.3. The summed E-state index contributed by atoms with van der Waals surface area (Å²) in [5, 5.41) is 41.8. The Bertz CT molecular complexity index is 1330. The molecule has 2 heterocycles. The van der Waals surface area contributed by atoms with Gasteiger partial charge in [-0.15, -0.1) is 0 Å². The number of rotatable bonds is 11. The van der Waals surface area contributed by atoms with Gasteiger partial charge in [-0.25, -0.2) is 0 Å². The van der Waals surface area contributed by atoms with Crippen molar-refractivity contribution in [2.75, 3.05) is 0 Å². The fourth-order valence-corrected chi connectivity index (χ4v) is 2.28. The van der Waals surface area contributed by atoms with Crippen LogP contribution >= 0.6 is 0 Å². The number of aromatic nitrogens is 2. The third kappa shape index (κ3) is 11.6. The number of hydrogen-bond acceptors (Lipinski definition) is 12. The summed E-state index contributed by atoms with van der Waals surface area (Å²) in [5.41, 5.74) is 6.41. The number of nitrogens with zero attached hydrogens (tertiary/aromatic N) is 12. The minimum absolute atomic E-state index is 0.611. The normalized spacial score (nSPS) is 15.5. The van der Waals surface area contributed by atoms with E-state index in [0.717, 1.165) is 11.4 Å². The number of pyridine rings is 2. The standard InChI is InChI=1S/C28H34N12/c1-19(33-31-17-27-13-9-11-15-29-27)21(3)35-37-23(5)25(7)39-40-26(8)24(6)38-36-22(4)20(2)34-32-18-28-14-10-12-16-30-28/h9-18H,1-8H3/b31-17-,32-18+,33-19+,34-20+,35-21+,36-22-,37-23-,38-24+,39-25+,40-26-. The highest BCUT2D eigenvalue weighted by Crippen LogP contribution is 1.96. The van der Waals surface area contributed by atoms with Crippen LogP contribution in [0.5, 0.6) is 0 Å². The lowest BCUT2D eigenvalue weighted by Gasteiger charge is -1.99. The molecule has 0 aliphatic rings. The van der Waals surface area contributed by atoms with Gasteiger partial charge < -0.3 is 0 Å². The molecule has 0 atom stereocenters. The van der Waals surface area contributed by atoms with Crippen LogP contribution in [-0.4, -0.2) is 68.1 Å². The first-order chi connectivity index (χ1) is 19.2. The van der Waals surface area contributed by atoms with Crippen LogP contribution in [0.1, 0.15) is 66.8 Å². The smallest absolute Gasteiger partial charge is 0.0831 e. The SMILES string of the molecule is CC(=N/N=C(C)/C(C)=N\N=C(C)\C(C)=N\N=C/c1ccccn1)/C(C)=N/N=C(C)\C(C)=N\N=C\c1ccccn1. The Morgan fingerprint density at radius 3 is 0.950 bits per heavy atom. The summed E-state index contributed by atoms with van der Waals surface area (Å²) in [6.07, 6.45) is 6.55. The van der Waals surface area contributed by atoms with E-state index in [4.69, 9.17) is 0 Å². The Labute approximate surface area is 234 Å². The van der Waals surface area contributed by atoms with Crippen LogP contribution in [0.15, 0.2) is 99.8 Å². The van der Waals surface area contributed by atoms with E-state index >= 15 is 0 Å². The van der Waals surface area contributed by atoms with Crippen LogP contribution in [0.25, 0.3) is 0 Å². The average Bonchev–Trinajstić information content (AvgIpc) is 2.97. The van der Waals surface area contributed by atoms with E-state index in [1.54, 1.807) is 52.5 Å². The van der Waals surface area contributed by atoms with E-state index in [9.17, 15) is 0 Å². The molecule has 0 spiro atoms. The van der Waals surface area contributed by atoms with Gasteiger partial charge in [0.2, 0.25) is 0 Å². The van der Waals surface area contributed by atoms with E-state index < -0.39 is 0 Å². The Morgan fingerprint density at radius 1 is 0.425 bits per heavy atom. The Kier molecular flexibility index (Phi) is 13.1. The molecule has 0 aliphatic carbocycles. The lowest BCUT2D eigenvalue weighted by atomic mass is 10.3. The molecule has 0 amide bonds. The molecule has 0 saturated heterocycles. The maximum absolute atomic E-state index is 4.25. The summed E-state index contributed by atoms with van der Waals surface area (Å²) in [6.45, 7) is 14.5. The lowest BCUT2D eigenvalue weighted by molar-refractivity contribution is 1.19. The molecule has 2 aromatic heterocycles. The zero-order valence-electron chi connectivity index (χ0n) is 24.1. The highest BCUT2D eigenvalue weighted by Gasteiger charge is 2.02. The number of hydrogen-bond donors (Lipinski definition) is 0. The van der Waals surface area contributed by atoms with Crippen molar-refractivity contribution in [3.8, 4) is 0 Å². The predicted octanol–water partition coefficient (Wildman–Crippen LogP) is 5.28. The highest BCUT2D eigenvalue weighted by atomic mass is 15.3. The molecular weight excluding hydrogens is 504 g/mol. The van der Waals surface area contributed by atoms with Crippen LogP contribution < -0.4 is 0 Å². The molecule has 206 valence electrons. The Balaban J connectivity index is 2.01. The topological polar surface area (TPSA) is 149 Å². The molecule has 0 fully saturated rings. The first-order valence-electron chi connectivity index (χ1n) is 12.4. The maximum Gasteiger partial charge on any atom is 0.0831 e. The van der Waals surface area contributed by atoms with Crippen molar-refractivity contribution in [1.29, 1.82) is 0 Å². The van der Waals surface area contributed by atoms with Crippen molar-refractivity contribution >= 4 is 58.1 Å². The Hall–Kier alpha value is -5.00. The van der Waals surface area contributed by atoms with E-state index in [0.29, 0.717) is 45.7 Å². The van der Waals surface area contributed by atoms with E-state index in [1.165, 1.54) is 0 Å². The van der Waals surface area contributed by atoms with Crippen molar-refractivity contribution in [3.05, 3.63) is 60.2 Å². The lowest BCUT2D eigenvalue weighted by Crippen LogP contribution is -2.10. The molecule has 0 bridgehead atoms. The average molecular weight is 539 g/mol. The zero-order valence-corrected chi connectivity index (χ0v) is 24.1. The van der Waals surface area contributed by atoms with Crippen LogP contribution in [-0.2, 0) is 0 Å². The molecule has 40 heavy (non-hydrogen) atoms. The van der Waals surface area contributed by atoms with Gasteiger partial charge in [0.25, 0.3) is 0 Å². The molecule has 0 unspecified atom stereocenters. The van der Waals surface area contributed by atoms with Crippen molar-refractivity contribution in [2.45, 2.75) is 55.4 Å². The largest absolute Gasteiger partial charge is 0.255 e. The molecular formula is C28H34N12. The van der Waals surface area contributed by atoms with E-state index in [1.807, 2.05) is 64.1 Å². The summed E-state index contributed by atoms with van der Waals surface area (Å²) in [6, 6.07) is 11.1. The predicted molar refractivity (Wildman–Crippen MR) is 169 cm³/mol. The van der Waals surface area contributed by atoms with Crippen molar-refractivity contribution in [1.82, 2.24) is 9.97 Å². The summed E-state index contributed by atoms with van der Waals surface area (Å²) < 4.78 is 0. The van der Waals surface area contributed by atoms with Gasteiger partial charge in [0, 0.05) is 12.4 Å². The van der Waals surface area contributed by atoms with Gasteiger partial charge in [-0.2, -0.15) is 51.0 Å². The summed E-state index contributed by atoms with van der Waals surface area (Å²) in [7, 11) is 0. The molecule has 0 N–H and O–H groups in total. The van der Waals surface area contributed by atoms with Crippen LogP contribution in [0.3, 0.4) is 0 Å². The van der Waals surface area contributed by atoms with Crippen molar-refractivity contribution in [2.24, 2.45) is 51.0 Å². The van der Waals surface area contributed by atoms with Gasteiger partial charge in [0.1, 0.15) is 0 Å². The van der Waals surface area contributed by atoms with Gasteiger partial charge in [0.05, 0.1) is 69.5 Å². The minimum Gasteiger partial charge on any atom is -0.255 e.